The molecule has 2 N–H and O–H groups in total. The molecule has 0 radical (unpaired) electrons. The third kappa shape index (κ3) is 4.96. The molecule has 4 nitrogen and oxygen atoms in total. The van der Waals surface area contributed by atoms with Gasteiger partial charge in [-0.1, -0.05) is 25.0 Å². The average Bonchev–Trinajstić information content (AvgIpc) is 3.43. The second-order valence-corrected chi connectivity index (χ2v) is 7.04. The van der Waals surface area contributed by atoms with Crippen LogP contribution in [-0.2, 0) is 11.3 Å². The SMILES string of the molecule is O=C(CCC1CC1)NCc1ccc(N2CCC(CO)CC2)cc1. The van der Waals surface area contributed by atoms with E-state index in [1.54, 1.807) is 0 Å². The van der Waals surface area contributed by atoms with Gasteiger partial charge >= 0.3 is 0 Å². The standard InChI is InChI=1S/C19H28N2O2/c22-14-17-9-11-21(12-10-17)18-6-3-16(4-7-18)13-20-19(23)8-5-15-1-2-15/h3-4,6-7,15,17,22H,1-2,5,8-14H2,(H,20,23). The van der Waals surface area contributed by atoms with Gasteiger partial charge in [0.1, 0.15) is 0 Å². The Hall–Kier alpha value is -1.55. The smallest absolute Gasteiger partial charge is 0.220 e. The first-order chi connectivity index (χ1) is 11.2. The highest BCUT2D eigenvalue weighted by Gasteiger charge is 2.21. The van der Waals surface area contributed by atoms with Crippen LogP contribution >= 0.6 is 0 Å². The van der Waals surface area contributed by atoms with Crippen LogP contribution in [-0.4, -0.2) is 30.7 Å². The number of amides is 1. The van der Waals surface area contributed by atoms with Crippen LogP contribution in [0.3, 0.4) is 0 Å². The van der Waals surface area contributed by atoms with E-state index in [1.165, 1.54) is 18.5 Å². The normalized spacial score (nSPS) is 18.9. The van der Waals surface area contributed by atoms with Gasteiger partial charge in [0.15, 0.2) is 0 Å². The fraction of sp³-hybridized carbons (Fsp3) is 0.632. The number of hydrogen-bond donors (Lipinski definition) is 2. The van der Waals surface area contributed by atoms with Crippen molar-refractivity contribution in [3.8, 4) is 0 Å². The number of hydrogen-bond acceptors (Lipinski definition) is 3. The second-order valence-electron chi connectivity index (χ2n) is 7.04. The number of aliphatic hydroxyl groups excluding tert-OH is 1. The van der Waals surface area contributed by atoms with E-state index in [0.717, 1.165) is 43.8 Å². The van der Waals surface area contributed by atoms with Crippen molar-refractivity contribution in [3.63, 3.8) is 0 Å². The maximum absolute atomic E-state index is 11.8. The molecule has 0 aromatic heterocycles. The summed E-state index contributed by atoms with van der Waals surface area (Å²) in [5.74, 6) is 1.46. The van der Waals surface area contributed by atoms with Crippen molar-refractivity contribution >= 4 is 11.6 Å². The van der Waals surface area contributed by atoms with E-state index >= 15 is 0 Å². The summed E-state index contributed by atoms with van der Waals surface area (Å²) in [6.07, 6.45) is 6.47. The Morgan fingerprint density at radius 3 is 2.39 bits per heavy atom. The lowest BCUT2D eigenvalue weighted by Crippen LogP contribution is -2.34. The van der Waals surface area contributed by atoms with Crippen LogP contribution in [0, 0.1) is 11.8 Å². The van der Waals surface area contributed by atoms with E-state index < -0.39 is 0 Å². The third-order valence-electron chi connectivity index (χ3n) is 5.14. The van der Waals surface area contributed by atoms with Gasteiger partial charge in [-0.3, -0.25) is 4.79 Å². The predicted octanol–water partition coefficient (Wildman–Crippen LogP) is 2.70. The molecule has 0 atom stereocenters. The molecule has 1 saturated carbocycles. The first-order valence-electron chi connectivity index (χ1n) is 8.96. The van der Waals surface area contributed by atoms with Crippen LogP contribution in [0.2, 0.25) is 0 Å². The van der Waals surface area contributed by atoms with Crippen molar-refractivity contribution in [2.24, 2.45) is 11.8 Å². The van der Waals surface area contributed by atoms with Gasteiger partial charge in [-0.2, -0.15) is 0 Å². The summed E-state index contributed by atoms with van der Waals surface area (Å²) in [5, 5.41) is 12.2. The van der Waals surface area contributed by atoms with Crippen LogP contribution in [0.4, 0.5) is 5.69 Å². The van der Waals surface area contributed by atoms with Gasteiger partial charge in [0.05, 0.1) is 0 Å². The maximum atomic E-state index is 11.8. The van der Waals surface area contributed by atoms with Gasteiger partial charge in [0, 0.05) is 38.3 Å². The van der Waals surface area contributed by atoms with E-state index in [2.05, 4.69) is 34.5 Å². The minimum atomic E-state index is 0.173. The minimum Gasteiger partial charge on any atom is -0.396 e. The van der Waals surface area contributed by atoms with Crippen molar-refractivity contribution in [2.75, 3.05) is 24.6 Å². The van der Waals surface area contributed by atoms with Crippen LogP contribution in [0.5, 0.6) is 0 Å². The topological polar surface area (TPSA) is 52.6 Å². The molecule has 1 heterocycles. The van der Waals surface area contributed by atoms with Gasteiger partial charge in [-0.25, -0.2) is 0 Å². The molecular formula is C19H28N2O2. The fourth-order valence-electron chi connectivity index (χ4n) is 3.23. The molecule has 1 amide bonds. The molecule has 1 aliphatic heterocycles. The largest absolute Gasteiger partial charge is 0.396 e. The zero-order chi connectivity index (χ0) is 16.1. The molecule has 23 heavy (non-hydrogen) atoms. The van der Waals surface area contributed by atoms with Crippen molar-refractivity contribution in [1.29, 1.82) is 0 Å². The number of rotatable bonds is 7. The van der Waals surface area contributed by atoms with Crippen LogP contribution in [0.25, 0.3) is 0 Å². The van der Waals surface area contributed by atoms with Crippen molar-refractivity contribution in [1.82, 2.24) is 5.32 Å². The second kappa shape index (κ2) is 7.82. The highest BCUT2D eigenvalue weighted by Crippen LogP contribution is 2.33. The molecule has 0 unspecified atom stereocenters. The molecular weight excluding hydrogens is 288 g/mol. The van der Waals surface area contributed by atoms with E-state index in [4.69, 9.17) is 0 Å². The Labute approximate surface area is 138 Å². The number of carbonyl (C=O) groups is 1. The van der Waals surface area contributed by atoms with Gasteiger partial charge in [0.25, 0.3) is 0 Å². The van der Waals surface area contributed by atoms with Crippen molar-refractivity contribution in [2.45, 2.75) is 45.1 Å². The molecule has 1 saturated heterocycles. The Balaban J connectivity index is 1.42. The lowest BCUT2D eigenvalue weighted by Gasteiger charge is -2.33. The molecule has 1 aliphatic carbocycles. The van der Waals surface area contributed by atoms with Gasteiger partial charge in [0.2, 0.25) is 5.91 Å². The summed E-state index contributed by atoms with van der Waals surface area (Å²) < 4.78 is 0. The molecule has 1 aromatic carbocycles. The van der Waals surface area contributed by atoms with Gasteiger partial charge in [-0.05, 0) is 48.8 Å². The molecule has 0 bridgehead atoms. The first kappa shape index (κ1) is 16.3. The Kier molecular flexibility index (Phi) is 5.55. The maximum Gasteiger partial charge on any atom is 0.220 e. The average molecular weight is 316 g/mol. The van der Waals surface area contributed by atoms with Gasteiger partial charge in [-0.15, -0.1) is 0 Å². The minimum absolute atomic E-state index is 0.173. The summed E-state index contributed by atoms with van der Waals surface area (Å²) >= 11 is 0. The lowest BCUT2D eigenvalue weighted by atomic mass is 9.97. The molecule has 2 aliphatic rings. The molecule has 0 spiro atoms. The third-order valence-corrected chi connectivity index (χ3v) is 5.14. The van der Waals surface area contributed by atoms with Crippen molar-refractivity contribution in [3.05, 3.63) is 29.8 Å². The van der Waals surface area contributed by atoms with E-state index in [0.29, 0.717) is 25.5 Å². The van der Waals surface area contributed by atoms with Crippen LogP contribution in [0.15, 0.2) is 24.3 Å². The summed E-state index contributed by atoms with van der Waals surface area (Å²) in [6, 6.07) is 8.50. The Morgan fingerprint density at radius 1 is 1.09 bits per heavy atom. The summed E-state index contributed by atoms with van der Waals surface area (Å²) in [4.78, 5) is 14.2. The summed E-state index contributed by atoms with van der Waals surface area (Å²) in [7, 11) is 0. The summed E-state index contributed by atoms with van der Waals surface area (Å²) in [6.45, 7) is 2.97. The highest BCUT2D eigenvalue weighted by molar-refractivity contribution is 5.75. The number of nitrogens with one attached hydrogen (secondary N) is 1. The Morgan fingerprint density at radius 2 is 1.78 bits per heavy atom. The number of nitrogens with zero attached hydrogens (tertiary/aromatic N) is 1. The number of anilines is 1. The molecule has 4 heteroatoms. The highest BCUT2D eigenvalue weighted by atomic mass is 16.3. The monoisotopic (exact) mass is 316 g/mol. The number of piperidine rings is 1. The van der Waals surface area contributed by atoms with Crippen LogP contribution < -0.4 is 10.2 Å². The van der Waals surface area contributed by atoms with E-state index in [1.807, 2.05) is 0 Å². The molecule has 3 rings (SSSR count). The zero-order valence-electron chi connectivity index (χ0n) is 13.8. The van der Waals surface area contributed by atoms with Crippen molar-refractivity contribution < 1.29 is 9.90 Å². The molecule has 1 aromatic rings. The van der Waals surface area contributed by atoms with E-state index in [-0.39, 0.29) is 5.91 Å². The Bertz CT molecular complexity index is 503. The quantitative estimate of drug-likeness (QED) is 0.813. The van der Waals surface area contributed by atoms with Gasteiger partial charge < -0.3 is 15.3 Å². The lowest BCUT2D eigenvalue weighted by molar-refractivity contribution is -0.121. The summed E-state index contributed by atoms with van der Waals surface area (Å²) in [5.41, 5.74) is 2.39. The number of aliphatic hydroxyl groups is 1. The first-order valence-corrected chi connectivity index (χ1v) is 8.96. The van der Waals surface area contributed by atoms with E-state index in [9.17, 15) is 9.90 Å². The predicted molar refractivity (Wildman–Crippen MR) is 92.3 cm³/mol. The molecule has 126 valence electrons. The fourth-order valence-corrected chi connectivity index (χ4v) is 3.23. The molecule has 2 fully saturated rings. The van der Waals surface area contributed by atoms with Crippen LogP contribution in [0.1, 0.15) is 44.1 Å². The zero-order valence-corrected chi connectivity index (χ0v) is 13.8. The number of carbonyl (C=O) groups excluding carboxylic acids is 1. The number of benzene rings is 1.